The van der Waals surface area contributed by atoms with E-state index >= 15 is 0 Å². The summed E-state index contributed by atoms with van der Waals surface area (Å²) in [6, 6.07) is 22.4. The van der Waals surface area contributed by atoms with Crippen LogP contribution in [0.15, 0.2) is 83.8 Å². The Hall–Kier alpha value is -2.83. The molecule has 29 heavy (non-hydrogen) atoms. The predicted molar refractivity (Wildman–Crippen MR) is 116 cm³/mol. The zero-order valence-electron chi connectivity index (χ0n) is 16.1. The SMILES string of the molecule is CN(Cc1ccccc1)C(=O)c1ccc(N(C)S(=O)(=O)c2ccccc2)cc1Cl. The smallest absolute Gasteiger partial charge is 0.264 e. The van der Waals surface area contributed by atoms with E-state index in [4.69, 9.17) is 11.6 Å². The molecule has 0 spiro atoms. The van der Waals surface area contributed by atoms with Crippen LogP contribution in [0.3, 0.4) is 0 Å². The highest BCUT2D eigenvalue weighted by Crippen LogP contribution is 2.28. The summed E-state index contributed by atoms with van der Waals surface area (Å²) in [6.07, 6.45) is 0. The number of halogens is 1. The van der Waals surface area contributed by atoms with Crippen LogP contribution in [0.4, 0.5) is 5.69 Å². The zero-order valence-corrected chi connectivity index (χ0v) is 17.7. The van der Waals surface area contributed by atoms with Crippen molar-refractivity contribution in [1.29, 1.82) is 0 Å². The van der Waals surface area contributed by atoms with Gasteiger partial charge >= 0.3 is 0 Å². The normalized spacial score (nSPS) is 11.1. The van der Waals surface area contributed by atoms with Crippen molar-refractivity contribution in [2.45, 2.75) is 11.4 Å². The number of amides is 1. The average Bonchev–Trinajstić information content (AvgIpc) is 2.74. The molecular formula is C22H21ClN2O3S. The van der Waals surface area contributed by atoms with E-state index in [1.807, 2.05) is 30.3 Å². The molecule has 0 unspecified atom stereocenters. The maximum atomic E-state index is 12.8. The molecule has 0 saturated carbocycles. The fourth-order valence-electron chi connectivity index (χ4n) is 2.90. The number of anilines is 1. The summed E-state index contributed by atoms with van der Waals surface area (Å²) in [5.41, 5.74) is 1.70. The molecule has 0 aliphatic rings. The van der Waals surface area contributed by atoms with Gasteiger partial charge in [0.2, 0.25) is 0 Å². The van der Waals surface area contributed by atoms with Crippen molar-refractivity contribution < 1.29 is 13.2 Å². The number of benzene rings is 3. The highest BCUT2D eigenvalue weighted by Gasteiger charge is 2.23. The van der Waals surface area contributed by atoms with E-state index in [0.29, 0.717) is 17.8 Å². The largest absolute Gasteiger partial charge is 0.337 e. The van der Waals surface area contributed by atoms with Gasteiger partial charge in [0.15, 0.2) is 0 Å². The molecule has 3 aromatic rings. The Balaban J connectivity index is 1.82. The summed E-state index contributed by atoms with van der Waals surface area (Å²) in [5.74, 6) is -0.237. The maximum absolute atomic E-state index is 12.8. The Labute approximate surface area is 176 Å². The molecule has 0 atom stereocenters. The number of rotatable bonds is 6. The number of hydrogen-bond acceptors (Lipinski definition) is 3. The monoisotopic (exact) mass is 428 g/mol. The second-order valence-electron chi connectivity index (χ2n) is 6.60. The van der Waals surface area contributed by atoms with E-state index < -0.39 is 10.0 Å². The molecule has 0 N–H and O–H groups in total. The van der Waals surface area contributed by atoms with Gasteiger partial charge in [0.25, 0.3) is 15.9 Å². The molecule has 150 valence electrons. The maximum Gasteiger partial charge on any atom is 0.264 e. The summed E-state index contributed by atoms with van der Waals surface area (Å²) in [5, 5.41) is 0.197. The van der Waals surface area contributed by atoms with Crippen LogP contribution in [0, 0.1) is 0 Å². The van der Waals surface area contributed by atoms with E-state index in [1.165, 1.54) is 25.2 Å². The van der Waals surface area contributed by atoms with E-state index in [-0.39, 0.29) is 15.8 Å². The van der Waals surface area contributed by atoms with E-state index in [0.717, 1.165) is 9.87 Å². The Morgan fingerprint density at radius 1 is 0.897 bits per heavy atom. The molecule has 0 fully saturated rings. The van der Waals surface area contributed by atoms with Crippen molar-refractivity contribution in [2.24, 2.45) is 0 Å². The van der Waals surface area contributed by atoms with Crippen molar-refractivity contribution in [3.63, 3.8) is 0 Å². The topological polar surface area (TPSA) is 57.7 Å². The molecule has 0 aliphatic heterocycles. The van der Waals surface area contributed by atoms with Crippen molar-refractivity contribution in [2.75, 3.05) is 18.4 Å². The molecule has 0 heterocycles. The molecule has 3 aromatic carbocycles. The zero-order chi connectivity index (χ0) is 21.0. The van der Waals surface area contributed by atoms with Gasteiger partial charge in [-0.15, -0.1) is 0 Å². The quantitative estimate of drug-likeness (QED) is 0.583. The number of nitrogens with zero attached hydrogens (tertiary/aromatic N) is 2. The lowest BCUT2D eigenvalue weighted by atomic mass is 10.1. The third-order valence-electron chi connectivity index (χ3n) is 4.56. The third-order valence-corrected chi connectivity index (χ3v) is 6.67. The van der Waals surface area contributed by atoms with Crippen molar-refractivity contribution in [3.05, 3.63) is 95.0 Å². The van der Waals surface area contributed by atoms with E-state index in [1.54, 1.807) is 42.3 Å². The Kier molecular flexibility index (Phi) is 6.25. The molecule has 0 saturated heterocycles. The van der Waals surface area contributed by atoms with Crippen LogP contribution in [-0.4, -0.2) is 33.3 Å². The van der Waals surface area contributed by atoms with Crippen LogP contribution in [0.2, 0.25) is 5.02 Å². The van der Waals surface area contributed by atoms with Crippen molar-refractivity contribution >= 4 is 33.2 Å². The average molecular weight is 429 g/mol. The lowest BCUT2D eigenvalue weighted by Crippen LogP contribution is -2.28. The molecule has 1 amide bonds. The van der Waals surface area contributed by atoms with Crippen LogP contribution in [0.1, 0.15) is 15.9 Å². The molecule has 7 heteroatoms. The Bertz CT molecular complexity index is 1100. The van der Waals surface area contributed by atoms with Gasteiger partial charge in [-0.1, -0.05) is 60.1 Å². The molecule has 0 bridgehead atoms. The summed E-state index contributed by atoms with van der Waals surface area (Å²) in [4.78, 5) is 14.5. The molecular weight excluding hydrogens is 408 g/mol. The first-order chi connectivity index (χ1) is 13.8. The minimum atomic E-state index is -3.72. The number of carbonyl (C=O) groups is 1. The van der Waals surface area contributed by atoms with Gasteiger partial charge < -0.3 is 4.90 Å². The number of sulfonamides is 1. The van der Waals surface area contributed by atoms with Crippen molar-refractivity contribution in [1.82, 2.24) is 4.90 Å². The van der Waals surface area contributed by atoms with Gasteiger partial charge in [0.05, 0.1) is 21.2 Å². The number of hydrogen-bond donors (Lipinski definition) is 0. The highest BCUT2D eigenvalue weighted by molar-refractivity contribution is 7.92. The predicted octanol–water partition coefficient (Wildman–Crippen LogP) is 4.44. The summed E-state index contributed by atoms with van der Waals surface area (Å²) < 4.78 is 26.7. The molecule has 0 radical (unpaired) electrons. The Morgan fingerprint density at radius 3 is 2.07 bits per heavy atom. The van der Waals surface area contributed by atoms with E-state index in [9.17, 15) is 13.2 Å². The van der Waals surface area contributed by atoms with Crippen LogP contribution < -0.4 is 4.31 Å². The van der Waals surface area contributed by atoms with Crippen LogP contribution >= 0.6 is 11.6 Å². The Morgan fingerprint density at radius 2 is 1.48 bits per heavy atom. The molecule has 0 aliphatic carbocycles. The van der Waals surface area contributed by atoms with Gasteiger partial charge in [0, 0.05) is 20.6 Å². The first-order valence-electron chi connectivity index (χ1n) is 8.93. The lowest BCUT2D eigenvalue weighted by Gasteiger charge is -2.22. The van der Waals surface area contributed by atoms with Gasteiger partial charge in [0.1, 0.15) is 0 Å². The minimum Gasteiger partial charge on any atom is -0.337 e. The highest BCUT2D eigenvalue weighted by atomic mass is 35.5. The van der Waals surface area contributed by atoms with Crippen molar-refractivity contribution in [3.8, 4) is 0 Å². The minimum absolute atomic E-state index is 0.182. The molecule has 0 aromatic heterocycles. The van der Waals surface area contributed by atoms with Gasteiger partial charge in [-0.25, -0.2) is 8.42 Å². The van der Waals surface area contributed by atoms with E-state index in [2.05, 4.69) is 0 Å². The summed E-state index contributed by atoms with van der Waals surface area (Å²) in [7, 11) is -0.564. The third kappa shape index (κ3) is 4.60. The fraction of sp³-hybridized carbons (Fsp3) is 0.136. The summed E-state index contributed by atoms with van der Waals surface area (Å²) >= 11 is 6.34. The van der Waals surface area contributed by atoms with Gasteiger partial charge in [-0.2, -0.15) is 0 Å². The second kappa shape index (κ2) is 8.68. The first kappa shape index (κ1) is 20.9. The number of carbonyl (C=O) groups excluding carboxylic acids is 1. The molecule has 3 rings (SSSR count). The van der Waals surface area contributed by atoms with Crippen LogP contribution in [-0.2, 0) is 16.6 Å². The fourth-order valence-corrected chi connectivity index (χ4v) is 4.36. The lowest BCUT2D eigenvalue weighted by molar-refractivity contribution is 0.0785. The second-order valence-corrected chi connectivity index (χ2v) is 8.97. The molecule has 5 nitrogen and oxygen atoms in total. The van der Waals surface area contributed by atoms with Crippen LogP contribution in [0.5, 0.6) is 0 Å². The first-order valence-corrected chi connectivity index (χ1v) is 10.8. The van der Waals surface area contributed by atoms with Crippen LogP contribution in [0.25, 0.3) is 0 Å². The van der Waals surface area contributed by atoms with Gasteiger partial charge in [-0.05, 0) is 35.9 Å². The standard InChI is InChI=1S/C22H21ClN2O3S/c1-24(16-17-9-5-3-6-10-17)22(26)20-14-13-18(15-21(20)23)25(2)29(27,28)19-11-7-4-8-12-19/h3-15H,16H2,1-2H3. The summed E-state index contributed by atoms with van der Waals surface area (Å²) in [6.45, 7) is 0.444. The van der Waals surface area contributed by atoms with Gasteiger partial charge in [-0.3, -0.25) is 9.10 Å².